The van der Waals surface area contributed by atoms with E-state index in [1.54, 1.807) is 0 Å². The van der Waals surface area contributed by atoms with E-state index < -0.39 is 4.92 Å². The minimum absolute atomic E-state index is 0.0525. The molecule has 0 unspecified atom stereocenters. The normalized spacial score (nSPS) is 10.2. The van der Waals surface area contributed by atoms with Crippen LogP contribution in [0.4, 0.5) is 5.69 Å². The van der Waals surface area contributed by atoms with Crippen molar-refractivity contribution in [3.05, 3.63) is 39.7 Å². The van der Waals surface area contributed by atoms with Crippen LogP contribution in [0.5, 0.6) is 0 Å². The highest BCUT2D eigenvalue weighted by Gasteiger charge is 2.11. The average molecular weight is 225 g/mol. The molecule has 0 radical (unpaired) electrons. The Labute approximate surface area is 89.1 Å². The zero-order chi connectivity index (χ0) is 10.8. The predicted molar refractivity (Wildman–Crippen MR) is 53.5 cm³/mol. The molecule has 0 saturated carbocycles. The van der Waals surface area contributed by atoms with Crippen molar-refractivity contribution in [2.75, 3.05) is 0 Å². The number of H-pyrrole nitrogens is 1. The van der Waals surface area contributed by atoms with Crippen LogP contribution in [0.2, 0.25) is 5.02 Å². The number of hydrogen-bond acceptors (Lipinski definition) is 4. The van der Waals surface area contributed by atoms with Crippen LogP contribution in [0.3, 0.4) is 0 Å². The summed E-state index contributed by atoms with van der Waals surface area (Å²) in [5.74, 6) is 0.481. The van der Waals surface area contributed by atoms with Gasteiger partial charge in [-0.25, -0.2) is 4.98 Å². The third kappa shape index (κ3) is 1.79. The smallest absolute Gasteiger partial charge is 0.259 e. The molecule has 1 aromatic heterocycles. The number of nitrogens with zero attached hydrogens (tertiary/aromatic N) is 3. The van der Waals surface area contributed by atoms with Gasteiger partial charge in [0.05, 0.1) is 9.95 Å². The SMILES string of the molecule is O=[N+]([O-])c1ccc(-c2ncn[nH]2)c(Cl)c1. The molecule has 15 heavy (non-hydrogen) atoms. The van der Waals surface area contributed by atoms with Crippen LogP contribution in [0.25, 0.3) is 11.4 Å². The number of benzene rings is 1. The summed E-state index contributed by atoms with van der Waals surface area (Å²) in [5.41, 5.74) is 0.531. The van der Waals surface area contributed by atoms with Crippen LogP contribution >= 0.6 is 11.6 Å². The summed E-state index contributed by atoms with van der Waals surface area (Å²) in [6.45, 7) is 0. The fourth-order valence-electron chi connectivity index (χ4n) is 1.14. The summed E-state index contributed by atoms with van der Waals surface area (Å²) in [4.78, 5) is 13.9. The van der Waals surface area contributed by atoms with Crippen molar-refractivity contribution in [1.82, 2.24) is 15.2 Å². The highest BCUT2D eigenvalue weighted by molar-refractivity contribution is 6.33. The lowest BCUT2D eigenvalue weighted by molar-refractivity contribution is -0.384. The summed E-state index contributed by atoms with van der Waals surface area (Å²) in [7, 11) is 0. The van der Waals surface area contributed by atoms with Crippen molar-refractivity contribution in [3.63, 3.8) is 0 Å². The number of hydrogen-bond donors (Lipinski definition) is 1. The van der Waals surface area contributed by atoms with Crippen LogP contribution in [0.1, 0.15) is 0 Å². The lowest BCUT2D eigenvalue weighted by Crippen LogP contribution is -1.89. The highest BCUT2D eigenvalue weighted by atomic mass is 35.5. The van der Waals surface area contributed by atoms with Crippen LogP contribution in [-0.2, 0) is 0 Å². The molecule has 0 saturated heterocycles. The van der Waals surface area contributed by atoms with Crippen molar-refractivity contribution >= 4 is 17.3 Å². The van der Waals surface area contributed by atoms with E-state index >= 15 is 0 Å². The van der Waals surface area contributed by atoms with Gasteiger partial charge in [0.15, 0.2) is 5.82 Å². The molecule has 0 aliphatic heterocycles. The summed E-state index contributed by atoms with van der Waals surface area (Å²) in [6, 6.07) is 4.17. The first-order valence-electron chi connectivity index (χ1n) is 3.98. The molecular weight excluding hydrogens is 220 g/mol. The lowest BCUT2D eigenvalue weighted by Gasteiger charge is -1.99. The first-order chi connectivity index (χ1) is 7.18. The van der Waals surface area contributed by atoms with Gasteiger partial charge in [-0.05, 0) is 6.07 Å². The highest BCUT2D eigenvalue weighted by Crippen LogP contribution is 2.28. The molecule has 0 atom stereocenters. The maximum atomic E-state index is 10.5. The van der Waals surface area contributed by atoms with Crippen molar-refractivity contribution in [3.8, 4) is 11.4 Å². The lowest BCUT2D eigenvalue weighted by atomic mass is 10.2. The molecule has 2 rings (SSSR count). The topological polar surface area (TPSA) is 84.7 Å². The molecule has 0 spiro atoms. The molecule has 0 bridgehead atoms. The second-order valence-corrected chi connectivity index (χ2v) is 3.16. The molecule has 0 amide bonds. The third-order valence-electron chi connectivity index (χ3n) is 1.83. The van der Waals surface area contributed by atoms with Gasteiger partial charge in [-0.1, -0.05) is 11.6 Å². The molecule has 76 valence electrons. The van der Waals surface area contributed by atoms with Crippen molar-refractivity contribution in [2.45, 2.75) is 0 Å². The number of nitrogens with one attached hydrogen (secondary N) is 1. The summed E-state index contributed by atoms with van der Waals surface area (Å²) >= 11 is 5.87. The van der Waals surface area contributed by atoms with Gasteiger partial charge < -0.3 is 0 Å². The van der Waals surface area contributed by atoms with Crippen molar-refractivity contribution in [2.24, 2.45) is 0 Å². The molecule has 1 heterocycles. The standard InChI is InChI=1S/C8H5ClN4O2/c9-7-3-5(13(14)15)1-2-6(7)8-10-4-11-12-8/h1-4H,(H,10,11,12). The van der Waals surface area contributed by atoms with Crippen LogP contribution in [0, 0.1) is 10.1 Å². The number of non-ortho nitro benzene ring substituents is 1. The van der Waals surface area contributed by atoms with E-state index in [9.17, 15) is 10.1 Å². The van der Waals surface area contributed by atoms with Gasteiger partial charge in [-0.2, -0.15) is 5.10 Å². The maximum Gasteiger partial charge on any atom is 0.270 e. The molecule has 1 N–H and O–H groups in total. The fourth-order valence-corrected chi connectivity index (χ4v) is 1.41. The maximum absolute atomic E-state index is 10.5. The third-order valence-corrected chi connectivity index (χ3v) is 2.15. The Morgan fingerprint density at radius 2 is 2.27 bits per heavy atom. The Bertz CT molecular complexity index is 497. The molecule has 7 heteroatoms. The number of nitro groups is 1. The average Bonchev–Trinajstić information content (AvgIpc) is 2.70. The Morgan fingerprint density at radius 3 is 2.80 bits per heavy atom. The molecule has 0 aliphatic rings. The zero-order valence-corrected chi connectivity index (χ0v) is 8.10. The largest absolute Gasteiger partial charge is 0.270 e. The second kappa shape index (κ2) is 3.66. The number of rotatable bonds is 2. The van der Waals surface area contributed by atoms with E-state index in [1.807, 2.05) is 0 Å². The second-order valence-electron chi connectivity index (χ2n) is 2.76. The van der Waals surface area contributed by atoms with Crippen LogP contribution < -0.4 is 0 Å². The van der Waals surface area contributed by atoms with Gasteiger partial charge in [-0.3, -0.25) is 15.2 Å². The van der Waals surface area contributed by atoms with Gasteiger partial charge in [0.25, 0.3) is 5.69 Å². The van der Waals surface area contributed by atoms with Gasteiger partial charge >= 0.3 is 0 Å². The minimum atomic E-state index is -0.504. The Hall–Kier alpha value is -1.95. The van der Waals surface area contributed by atoms with Crippen LogP contribution in [-0.4, -0.2) is 20.1 Å². The number of nitro benzene ring substituents is 1. The van der Waals surface area contributed by atoms with Gasteiger partial charge in [0, 0.05) is 17.7 Å². The van der Waals surface area contributed by atoms with E-state index in [2.05, 4.69) is 15.2 Å². The van der Waals surface area contributed by atoms with E-state index in [4.69, 9.17) is 11.6 Å². The Morgan fingerprint density at radius 1 is 1.47 bits per heavy atom. The van der Waals surface area contributed by atoms with Gasteiger partial charge in [-0.15, -0.1) is 0 Å². The van der Waals surface area contributed by atoms with Crippen LogP contribution in [0.15, 0.2) is 24.5 Å². The molecule has 6 nitrogen and oxygen atoms in total. The summed E-state index contributed by atoms with van der Waals surface area (Å²) < 4.78 is 0. The van der Waals surface area contributed by atoms with E-state index in [1.165, 1.54) is 24.5 Å². The van der Waals surface area contributed by atoms with Crippen molar-refractivity contribution in [1.29, 1.82) is 0 Å². The van der Waals surface area contributed by atoms with E-state index in [0.717, 1.165) is 0 Å². The minimum Gasteiger partial charge on any atom is -0.259 e. The first-order valence-corrected chi connectivity index (χ1v) is 4.36. The quantitative estimate of drug-likeness (QED) is 0.625. The first kappa shape index (κ1) is 9.60. The molecule has 2 aromatic rings. The molecule has 0 fully saturated rings. The number of aromatic amines is 1. The van der Waals surface area contributed by atoms with E-state index in [0.29, 0.717) is 11.4 Å². The molecular formula is C8H5ClN4O2. The number of aromatic nitrogens is 3. The van der Waals surface area contributed by atoms with Gasteiger partial charge in [0.1, 0.15) is 6.33 Å². The Balaban J connectivity index is 2.48. The zero-order valence-electron chi connectivity index (χ0n) is 7.35. The summed E-state index contributed by atoms with van der Waals surface area (Å²) in [5, 5.41) is 17.0. The predicted octanol–water partition coefficient (Wildman–Crippen LogP) is 2.03. The molecule has 0 aliphatic carbocycles. The Kier molecular flexibility index (Phi) is 2.34. The fraction of sp³-hybridized carbons (Fsp3) is 0. The molecule has 1 aromatic carbocycles. The van der Waals surface area contributed by atoms with E-state index in [-0.39, 0.29) is 10.7 Å². The number of halogens is 1. The van der Waals surface area contributed by atoms with Gasteiger partial charge in [0.2, 0.25) is 0 Å². The summed E-state index contributed by atoms with van der Waals surface area (Å²) in [6.07, 6.45) is 1.34. The van der Waals surface area contributed by atoms with Crippen molar-refractivity contribution < 1.29 is 4.92 Å². The monoisotopic (exact) mass is 224 g/mol.